The maximum absolute atomic E-state index is 13.6. The Labute approximate surface area is 226 Å². The summed E-state index contributed by atoms with van der Waals surface area (Å²) in [7, 11) is 1.83. The third-order valence-electron chi connectivity index (χ3n) is 5.32. The molecule has 2 N–H and O–H groups in total. The summed E-state index contributed by atoms with van der Waals surface area (Å²) in [5.41, 5.74) is 2.11. The van der Waals surface area contributed by atoms with Crippen LogP contribution in [0.5, 0.6) is 0 Å². The number of pyridine rings is 1. The van der Waals surface area contributed by atoms with Crippen LogP contribution >= 0.6 is 11.6 Å². The number of tetrazole rings is 1. The molecular weight excluding hydrogens is 538 g/mol. The maximum Gasteiger partial charge on any atom is 0.455 e. The Bertz CT molecular complexity index is 1550. The van der Waals surface area contributed by atoms with E-state index in [4.69, 9.17) is 11.6 Å². The maximum atomic E-state index is 13.6. The molecule has 0 unspecified atom stereocenters. The van der Waals surface area contributed by atoms with E-state index in [9.17, 15) is 22.8 Å². The van der Waals surface area contributed by atoms with Crippen molar-refractivity contribution in [2.45, 2.75) is 39.5 Å². The normalized spacial score (nSPS) is 11.6. The van der Waals surface area contributed by atoms with E-state index in [1.54, 1.807) is 25.1 Å². The number of aromatic nitrogens is 7. The summed E-state index contributed by atoms with van der Waals surface area (Å²) in [5, 5.41) is 19.8. The van der Waals surface area contributed by atoms with Crippen molar-refractivity contribution in [2.75, 3.05) is 5.32 Å². The molecule has 0 aliphatic carbocycles. The van der Waals surface area contributed by atoms with Crippen LogP contribution in [0, 0.1) is 6.92 Å². The number of hydrogen-bond acceptors (Lipinski definition) is 7. The molecule has 0 spiro atoms. The number of carbonyl (C=O) groups excluding carboxylic acids is 2. The van der Waals surface area contributed by atoms with Crippen molar-refractivity contribution in [1.82, 2.24) is 40.3 Å². The van der Waals surface area contributed by atoms with E-state index < -0.39 is 17.9 Å². The van der Waals surface area contributed by atoms with Gasteiger partial charge in [-0.2, -0.15) is 23.1 Å². The molecule has 3 aromatic heterocycles. The number of hydrogen-bond donors (Lipinski definition) is 2. The zero-order valence-electron chi connectivity index (χ0n) is 21.2. The molecule has 0 aliphatic heterocycles. The van der Waals surface area contributed by atoms with E-state index >= 15 is 0 Å². The standard InChI is InChI=1S/C23H22BClF3N9O2/c1-11(2)30-20(38)15-8-13(24)7-12(3)18(15)31-21(39)17-9-14(10-36-34-22(32-35-36)23(26,27)28)33-37(17)19-16(25)5-4-6-29-19/h4-9,11H,10,24H2,1-3H3,(H,30,38)(H,31,39). The molecule has 4 rings (SSSR count). The third kappa shape index (κ3) is 6.25. The van der Waals surface area contributed by atoms with Gasteiger partial charge in [0.2, 0.25) is 0 Å². The number of carbonyl (C=O) groups is 2. The highest BCUT2D eigenvalue weighted by Crippen LogP contribution is 2.26. The van der Waals surface area contributed by atoms with Crippen molar-refractivity contribution in [3.05, 3.63) is 69.9 Å². The summed E-state index contributed by atoms with van der Waals surface area (Å²) in [4.78, 5) is 31.4. The minimum atomic E-state index is -4.77. The van der Waals surface area contributed by atoms with E-state index in [-0.39, 0.29) is 52.0 Å². The number of halogens is 4. The van der Waals surface area contributed by atoms with Crippen molar-refractivity contribution in [1.29, 1.82) is 0 Å². The van der Waals surface area contributed by atoms with Gasteiger partial charge < -0.3 is 10.6 Å². The Morgan fingerprint density at radius 3 is 2.54 bits per heavy atom. The average molecular weight is 560 g/mol. The summed E-state index contributed by atoms with van der Waals surface area (Å²) in [6, 6.07) is 7.81. The first-order valence-corrected chi connectivity index (χ1v) is 12.0. The van der Waals surface area contributed by atoms with Crippen LogP contribution in [-0.4, -0.2) is 60.7 Å². The molecule has 202 valence electrons. The zero-order valence-corrected chi connectivity index (χ0v) is 22.0. The highest BCUT2D eigenvalue weighted by atomic mass is 35.5. The van der Waals surface area contributed by atoms with Crippen molar-refractivity contribution < 1.29 is 22.8 Å². The lowest BCUT2D eigenvalue weighted by Crippen LogP contribution is -2.32. The van der Waals surface area contributed by atoms with Crippen LogP contribution < -0.4 is 16.1 Å². The van der Waals surface area contributed by atoms with E-state index in [2.05, 4.69) is 36.1 Å². The van der Waals surface area contributed by atoms with Crippen molar-refractivity contribution in [3.8, 4) is 5.82 Å². The van der Waals surface area contributed by atoms with E-state index in [1.807, 2.05) is 27.8 Å². The molecule has 4 aromatic rings. The topological polar surface area (TPSA) is 133 Å². The van der Waals surface area contributed by atoms with Gasteiger partial charge >= 0.3 is 6.18 Å². The van der Waals surface area contributed by atoms with Crippen LogP contribution in [0.3, 0.4) is 0 Å². The molecular formula is C23H22BClF3N9O2. The van der Waals surface area contributed by atoms with Crippen molar-refractivity contribution >= 4 is 42.4 Å². The Hall–Kier alpha value is -4.27. The molecule has 39 heavy (non-hydrogen) atoms. The number of nitrogens with one attached hydrogen (secondary N) is 2. The van der Waals surface area contributed by atoms with Gasteiger partial charge in [-0.1, -0.05) is 29.2 Å². The molecule has 11 nitrogen and oxygen atoms in total. The number of aryl methyl sites for hydroxylation is 1. The number of nitrogens with zero attached hydrogens (tertiary/aromatic N) is 7. The smallest absolute Gasteiger partial charge is 0.350 e. The Morgan fingerprint density at radius 2 is 1.90 bits per heavy atom. The highest BCUT2D eigenvalue weighted by molar-refractivity contribution is 6.33. The summed E-state index contributed by atoms with van der Waals surface area (Å²) in [6.07, 6.45) is -3.33. The highest BCUT2D eigenvalue weighted by Gasteiger charge is 2.37. The zero-order chi connectivity index (χ0) is 28.5. The van der Waals surface area contributed by atoms with Crippen LogP contribution in [0.2, 0.25) is 5.02 Å². The second-order valence-corrected chi connectivity index (χ2v) is 9.38. The number of benzene rings is 1. The van der Waals surface area contributed by atoms with Gasteiger partial charge in [0.25, 0.3) is 17.6 Å². The Balaban J connectivity index is 1.74. The lowest BCUT2D eigenvalue weighted by Gasteiger charge is -2.17. The van der Waals surface area contributed by atoms with Gasteiger partial charge in [0.1, 0.15) is 20.1 Å². The molecule has 0 aliphatic rings. The molecule has 0 atom stereocenters. The van der Waals surface area contributed by atoms with Crippen LogP contribution in [-0.2, 0) is 12.7 Å². The quantitative estimate of drug-likeness (QED) is 0.331. The van der Waals surface area contributed by atoms with Gasteiger partial charge in [-0.05, 0) is 49.7 Å². The largest absolute Gasteiger partial charge is 0.455 e. The fourth-order valence-electron chi connectivity index (χ4n) is 3.76. The molecule has 0 radical (unpaired) electrons. The monoisotopic (exact) mass is 559 g/mol. The van der Waals surface area contributed by atoms with Gasteiger partial charge in [0.15, 0.2) is 5.82 Å². The molecule has 2 amide bonds. The first-order valence-electron chi connectivity index (χ1n) is 11.6. The van der Waals surface area contributed by atoms with Gasteiger partial charge in [-0.15, -0.1) is 10.2 Å². The molecule has 1 aromatic carbocycles. The van der Waals surface area contributed by atoms with Crippen molar-refractivity contribution in [3.63, 3.8) is 0 Å². The fraction of sp³-hybridized carbons (Fsp3) is 0.261. The van der Waals surface area contributed by atoms with Crippen LogP contribution in [0.1, 0.15) is 51.8 Å². The predicted molar refractivity (Wildman–Crippen MR) is 138 cm³/mol. The first-order chi connectivity index (χ1) is 18.3. The van der Waals surface area contributed by atoms with Crippen LogP contribution in [0.15, 0.2) is 36.5 Å². The van der Waals surface area contributed by atoms with E-state index in [0.717, 1.165) is 10.1 Å². The van der Waals surface area contributed by atoms with Crippen molar-refractivity contribution in [2.24, 2.45) is 0 Å². The van der Waals surface area contributed by atoms with Crippen LogP contribution in [0.4, 0.5) is 18.9 Å². The summed E-state index contributed by atoms with van der Waals surface area (Å²) >= 11 is 6.30. The second-order valence-electron chi connectivity index (χ2n) is 8.97. The minimum absolute atomic E-state index is 0.0445. The Morgan fingerprint density at radius 1 is 1.15 bits per heavy atom. The molecule has 16 heteroatoms. The number of rotatable bonds is 7. The average Bonchev–Trinajstić information content (AvgIpc) is 3.48. The fourth-order valence-corrected chi connectivity index (χ4v) is 3.96. The lowest BCUT2D eigenvalue weighted by molar-refractivity contribution is -0.145. The molecule has 3 heterocycles. The molecule has 0 saturated carbocycles. The SMILES string of the molecule is Bc1cc(C)c(NC(=O)c2cc(Cn3nnc(C(F)(F)F)n3)nn2-c2ncccc2Cl)c(C(=O)NC(C)C)c1. The number of amides is 2. The molecule has 0 fully saturated rings. The van der Waals surface area contributed by atoms with Gasteiger partial charge in [0.05, 0.1) is 22.0 Å². The lowest BCUT2D eigenvalue weighted by atomic mass is 9.90. The van der Waals surface area contributed by atoms with Gasteiger partial charge in [0, 0.05) is 12.2 Å². The summed E-state index contributed by atoms with van der Waals surface area (Å²) in [5.74, 6) is -2.33. The molecule has 0 bridgehead atoms. The van der Waals surface area contributed by atoms with Gasteiger partial charge in [-0.25, -0.2) is 9.67 Å². The molecule has 0 saturated heterocycles. The Kier molecular flexibility index (Phi) is 7.72. The summed E-state index contributed by atoms with van der Waals surface area (Å²) in [6.45, 7) is 5.06. The predicted octanol–water partition coefficient (Wildman–Crippen LogP) is 1.93. The summed E-state index contributed by atoms with van der Waals surface area (Å²) < 4.78 is 39.9. The van der Waals surface area contributed by atoms with E-state index in [0.29, 0.717) is 10.4 Å². The second kappa shape index (κ2) is 10.8. The van der Waals surface area contributed by atoms with Gasteiger partial charge in [-0.3, -0.25) is 9.59 Å². The third-order valence-corrected chi connectivity index (χ3v) is 5.62. The number of anilines is 1. The minimum Gasteiger partial charge on any atom is -0.350 e. The van der Waals surface area contributed by atoms with E-state index in [1.165, 1.54) is 12.3 Å². The number of alkyl halides is 3. The van der Waals surface area contributed by atoms with Crippen LogP contribution in [0.25, 0.3) is 5.82 Å². The first kappa shape index (κ1) is 27.8.